The van der Waals surface area contributed by atoms with Crippen molar-refractivity contribution in [3.63, 3.8) is 0 Å². The van der Waals surface area contributed by atoms with Crippen LogP contribution in [0.25, 0.3) is 0 Å². The minimum atomic E-state index is -1.44. The number of aliphatic hydroxyl groups is 1. The molecule has 7 nitrogen and oxygen atoms in total. The summed E-state index contributed by atoms with van der Waals surface area (Å²) < 4.78 is 11.0. The minimum Gasteiger partial charge on any atom is -0.458 e. The molecule has 0 aromatic heterocycles. The van der Waals surface area contributed by atoms with E-state index in [1.54, 1.807) is 19.1 Å². The van der Waals surface area contributed by atoms with Crippen molar-refractivity contribution in [3.8, 4) is 0 Å². The van der Waals surface area contributed by atoms with Gasteiger partial charge in [0, 0.05) is 30.1 Å². The molecule has 0 aromatic rings. The third-order valence-corrected chi connectivity index (χ3v) is 9.37. The van der Waals surface area contributed by atoms with E-state index in [1.807, 2.05) is 13.0 Å². The zero-order valence-electron chi connectivity index (χ0n) is 20.8. The summed E-state index contributed by atoms with van der Waals surface area (Å²) in [7, 11) is 0. The van der Waals surface area contributed by atoms with E-state index >= 15 is 0 Å². The minimum absolute atomic E-state index is 0.0182. The number of aliphatic hydroxyl groups excluding tert-OH is 1. The zero-order chi connectivity index (χ0) is 25.1. The lowest BCUT2D eigenvalue weighted by molar-refractivity contribution is -0.201. The largest absolute Gasteiger partial charge is 0.458 e. The number of allylic oxidation sites excluding steroid dienone is 4. The Hall–Kier alpha value is -2.28. The predicted molar refractivity (Wildman–Crippen MR) is 123 cm³/mol. The summed E-state index contributed by atoms with van der Waals surface area (Å²) in [6.07, 6.45) is 6.77. The number of hydrogen-bond donors (Lipinski definition) is 1. The number of hydrogen-bond acceptors (Lipinski definition) is 7. The maximum absolute atomic E-state index is 13.5. The number of carbonyl (C=O) groups excluding carboxylic acids is 4. The first-order valence-electron chi connectivity index (χ1n) is 12.4. The van der Waals surface area contributed by atoms with Gasteiger partial charge in [0.2, 0.25) is 5.78 Å². The van der Waals surface area contributed by atoms with Crippen molar-refractivity contribution in [1.29, 1.82) is 0 Å². The van der Waals surface area contributed by atoms with Gasteiger partial charge in [-0.25, -0.2) is 0 Å². The second-order valence-corrected chi connectivity index (χ2v) is 11.1. The second-order valence-electron chi connectivity index (χ2n) is 11.1. The van der Waals surface area contributed by atoms with Crippen LogP contribution in [0.15, 0.2) is 23.8 Å². The van der Waals surface area contributed by atoms with Crippen LogP contribution in [0.4, 0.5) is 0 Å². The van der Waals surface area contributed by atoms with Crippen LogP contribution in [-0.4, -0.2) is 46.9 Å². The van der Waals surface area contributed by atoms with E-state index in [1.165, 1.54) is 6.92 Å². The standard InChI is InChI=1S/C27H36O7/c1-6-23(32)34-27(22(31)14-33-16(3)28)10-8-19-18-11-15(2)20-12-17(29)7-9-25(20,4)24(18)21(30)13-26(19,27)5/h7,9,12,15,18-19,21,24,30H,6,8,10-11,13-14H2,1-5H3/t15-,18?,19?,21?,24?,25-,26-,27-/m0/s1. The molecule has 0 aromatic carbocycles. The van der Waals surface area contributed by atoms with Gasteiger partial charge in [0.25, 0.3) is 0 Å². The highest BCUT2D eigenvalue weighted by atomic mass is 16.6. The van der Waals surface area contributed by atoms with Gasteiger partial charge >= 0.3 is 11.9 Å². The van der Waals surface area contributed by atoms with E-state index in [9.17, 15) is 24.3 Å². The zero-order valence-corrected chi connectivity index (χ0v) is 20.8. The maximum atomic E-state index is 13.5. The van der Waals surface area contributed by atoms with Crippen LogP contribution in [0, 0.1) is 34.5 Å². The van der Waals surface area contributed by atoms with Crippen LogP contribution < -0.4 is 0 Å². The molecule has 0 saturated heterocycles. The molecule has 0 heterocycles. The van der Waals surface area contributed by atoms with E-state index < -0.39 is 46.9 Å². The van der Waals surface area contributed by atoms with Crippen LogP contribution in [0.1, 0.15) is 66.7 Å². The van der Waals surface area contributed by atoms with Gasteiger partial charge in [-0.2, -0.15) is 0 Å². The Bertz CT molecular complexity index is 979. The average molecular weight is 473 g/mol. The number of carbonyl (C=O) groups is 4. The number of ketones is 2. The normalized spacial score (nSPS) is 42.7. The Morgan fingerprint density at radius 1 is 1.24 bits per heavy atom. The highest BCUT2D eigenvalue weighted by Gasteiger charge is 2.70. The molecule has 34 heavy (non-hydrogen) atoms. The Morgan fingerprint density at radius 3 is 2.59 bits per heavy atom. The fraction of sp³-hybridized carbons (Fsp3) is 0.704. The molecule has 8 atom stereocenters. The van der Waals surface area contributed by atoms with Crippen molar-refractivity contribution in [3.05, 3.63) is 23.8 Å². The molecule has 4 aliphatic carbocycles. The smallest absolute Gasteiger partial charge is 0.306 e. The number of ether oxygens (including phenoxy) is 2. The number of Topliss-reactive ketones (excluding diaryl/α,β-unsaturated/α-hetero) is 1. The van der Waals surface area contributed by atoms with Crippen LogP contribution >= 0.6 is 0 Å². The fourth-order valence-corrected chi connectivity index (χ4v) is 7.97. The van der Waals surface area contributed by atoms with Gasteiger partial charge in [-0.1, -0.05) is 39.3 Å². The topological polar surface area (TPSA) is 107 Å². The van der Waals surface area contributed by atoms with Crippen molar-refractivity contribution >= 4 is 23.5 Å². The summed E-state index contributed by atoms with van der Waals surface area (Å²) >= 11 is 0. The van der Waals surface area contributed by atoms with Crippen molar-refractivity contribution in [2.75, 3.05) is 6.61 Å². The van der Waals surface area contributed by atoms with Crippen molar-refractivity contribution in [1.82, 2.24) is 0 Å². The molecule has 7 heteroatoms. The summed E-state index contributed by atoms with van der Waals surface area (Å²) in [6, 6.07) is 0. The monoisotopic (exact) mass is 472 g/mol. The van der Waals surface area contributed by atoms with Gasteiger partial charge in [-0.15, -0.1) is 0 Å². The summed E-state index contributed by atoms with van der Waals surface area (Å²) in [6.45, 7) is 8.65. The molecule has 0 bridgehead atoms. The molecule has 186 valence electrons. The number of rotatable bonds is 5. The van der Waals surface area contributed by atoms with E-state index in [4.69, 9.17) is 9.47 Å². The molecule has 0 amide bonds. The lowest BCUT2D eigenvalue weighted by Crippen LogP contribution is -2.63. The van der Waals surface area contributed by atoms with E-state index in [0.29, 0.717) is 19.3 Å². The predicted octanol–water partition coefficient (Wildman–Crippen LogP) is 3.34. The molecule has 0 spiro atoms. The fourth-order valence-electron chi connectivity index (χ4n) is 7.97. The van der Waals surface area contributed by atoms with Gasteiger partial charge in [0.05, 0.1) is 6.10 Å². The average Bonchev–Trinajstić information content (AvgIpc) is 3.05. The molecule has 4 rings (SSSR count). The molecule has 4 aliphatic rings. The molecular weight excluding hydrogens is 436 g/mol. The van der Waals surface area contributed by atoms with E-state index in [0.717, 1.165) is 12.0 Å². The summed E-state index contributed by atoms with van der Waals surface area (Å²) in [5.41, 5.74) is -1.60. The second kappa shape index (κ2) is 8.43. The van der Waals surface area contributed by atoms with Crippen LogP contribution in [0.5, 0.6) is 0 Å². The van der Waals surface area contributed by atoms with Crippen LogP contribution in [0.2, 0.25) is 0 Å². The Kier molecular flexibility index (Phi) is 6.16. The Morgan fingerprint density at radius 2 is 1.94 bits per heavy atom. The third kappa shape index (κ3) is 3.50. The van der Waals surface area contributed by atoms with Gasteiger partial charge in [-0.05, 0) is 55.6 Å². The van der Waals surface area contributed by atoms with Gasteiger partial charge in [-0.3, -0.25) is 19.2 Å². The molecule has 3 fully saturated rings. The first-order chi connectivity index (χ1) is 15.9. The van der Waals surface area contributed by atoms with Gasteiger partial charge in [0.1, 0.15) is 0 Å². The van der Waals surface area contributed by atoms with Crippen molar-refractivity contribution in [2.45, 2.75) is 78.4 Å². The lowest BCUT2D eigenvalue weighted by Gasteiger charge is -2.61. The molecule has 3 saturated carbocycles. The Balaban J connectivity index is 1.76. The molecule has 0 radical (unpaired) electrons. The number of fused-ring (bicyclic) bond motifs is 5. The summed E-state index contributed by atoms with van der Waals surface area (Å²) in [5, 5.41) is 11.6. The SMILES string of the molecule is CCC(=O)O[C@]1(C(=O)COC(C)=O)CCC2C3C[C@H](C)C4=CC(=O)C=C[C@]4(C)C3C(O)C[C@@]21C. The Labute approximate surface area is 200 Å². The quantitative estimate of drug-likeness (QED) is 0.612. The lowest BCUT2D eigenvalue weighted by atomic mass is 9.44. The highest BCUT2D eigenvalue weighted by Crippen LogP contribution is 2.68. The molecule has 1 N–H and O–H groups in total. The number of esters is 2. The first-order valence-corrected chi connectivity index (χ1v) is 12.4. The third-order valence-electron chi connectivity index (χ3n) is 9.37. The van der Waals surface area contributed by atoms with E-state index in [2.05, 4.69) is 13.8 Å². The van der Waals surface area contributed by atoms with Crippen LogP contribution in [0.3, 0.4) is 0 Å². The van der Waals surface area contributed by atoms with Gasteiger partial charge < -0.3 is 14.6 Å². The van der Waals surface area contributed by atoms with Gasteiger partial charge in [0.15, 0.2) is 18.0 Å². The molecule has 4 unspecified atom stereocenters. The van der Waals surface area contributed by atoms with Crippen LogP contribution in [-0.2, 0) is 28.7 Å². The molecular formula is C27H36O7. The summed E-state index contributed by atoms with van der Waals surface area (Å²) in [5.74, 6) is -1.29. The van der Waals surface area contributed by atoms with Crippen molar-refractivity contribution < 1.29 is 33.8 Å². The maximum Gasteiger partial charge on any atom is 0.306 e. The first kappa shape index (κ1) is 24.8. The highest BCUT2D eigenvalue weighted by molar-refractivity contribution is 6.01. The molecule has 0 aliphatic heterocycles. The van der Waals surface area contributed by atoms with Crippen molar-refractivity contribution in [2.24, 2.45) is 34.5 Å². The van der Waals surface area contributed by atoms with E-state index in [-0.39, 0.29) is 35.9 Å². The summed E-state index contributed by atoms with van der Waals surface area (Å²) in [4.78, 5) is 49.6.